The van der Waals surface area contributed by atoms with Crippen LogP contribution in [0.25, 0.3) is 10.2 Å². The molecule has 0 saturated carbocycles. The second-order valence-electron chi connectivity index (χ2n) is 5.67. The number of rotatable bonds is 6. The van der Waals surface area contributed by atoms with Gasteiger partial charge < -0.3 is 20.7 Å². The molecule has 3 rings (SSSR count). The van der Waals surface area contributed by atoms with Crippen LogP contribution in [-0.4, -0.2) is 42.3 Å². The summed E-state index contributed by atoms with van der Waals surface area (Å²) in [5.74, 6) is -1.05. The monoisotopic (exact) mass is 388 g/mol. The first-order valence-electron chi connectivity index (χ1n) is 7.75. The van der Waals surface area contributed by atoms with Gasteiger partial charge >= 0.3 is 6.36 Å². The molecule has 1 aliphatic rings. The van der Waals surface area contributed by atoms with Crippen molar-refractivity contribution in [1.82, 2.24) is 15.6 Å². The minimum atomic E-state index is -4.78. The molecule has 2 heterocycles. The van der Waals surface area contributed by atoms with Gasteiger partial charge in [0.15, 0.2) is 5.13 Å². The highest BCUT2D eigenvalue weighted by Crippen LogP contribution is 2.31. The number of carbonyl (C=O) groups is 2. The number of carbonyl (C=O) groups excluding carboxylic acids is 2. The predicted molar refractivity (Wildman–Crippen MR) is 89.0 cm³/mol. The Bertz CT molecular complexity index is 820. The van der Waals surface area contributed by atoms with Crippen LogP contribution in [0.15, 0.2) is 18.2 Å². The Labute approximate surface area is 149 Å². The van der Waals surface area contributed by atoms with Crippen molar-refractivity contribution in [1.29, 1.82) is 0 Å². The number of alkyl halides is 3. The minimum Gasteiger partial charge on any atom is -0.406 e. The highest BCUT2D eigenvalue weighted by Gasteiger charge is 2.31. The average molecular weight is 388 g/mol. The highest BCUT2D eigenvalue weighted by molar-refractivity contribution is 7.22. The summed E-state index contributed by atoms with van der Waals surface area (Å²) in [4.78, 5) is 27.6. The molecule has 2 amide bonds. The van der Waals surface area contributed by atoms with Crippen molar-refractivity contribution in [3.63, 3.8) is 0 Å². The van der Waals surface area contributed by atoms with Gasteiger partial charge in [0.1, 0.15) is 5.75 Å². The Balaban J connectivity index is 1.54. The molecule has 0 aliphatic carbocycles. The maximum absolute atomic E-state index is 12.2. The third kappa shape index (κ3) is 5.05. The molecule has 0 bridgehead atoms. The highest BCUT2D eigenvalue weighted by atomic mass is 32.1. The number of halogens is 3. The molecule has 1 saturated heterocycles. The largest absolute Gasteiger partial charge is 0.573 e. The summed E-state index contributed by atoms with van der Waals surface area (Å²) in [6.07, 6.45) is -3.52. The quantitative estimate of drug-likeness (QED) is 0.704. The summed E-state index contributed by atoms with van der Waals surface area (Å²) in [5.41, 5.74) is 0.430. The number of hydrogen-bond acceptors (Lipinski definition) is 6. The molecule has 7 nitrogen and oxygen atoms in total. The SMILES string of the molecule is O=C(C[C@@H]1CCN1)NCC(=O)Nc1nc2ccc(OC(F)(F)F)cc2s1. The van der Waals surface area contributed by atoms with Crippen LogP contribution in [0.2, 0.25) is 0 Å². The van der Waals surface area contributed by atoms with Gasteiger partial charge in [-0.1, -0.05) is 11.3 Å². The van der Waals surface area contributed by atoms with E-state index in [0.29, 0.717) is 16.6 Å². The van der Waals surface area contributed by atoms with Crippen molar-refractivity contribution < 1.29 is 27.5 Å². The lowest BCUT2D eigenvalue weighted by Gasteiger charge is -2.26. The van der Waals surface area contributed by atoms with Gasteiger partial charge in [-0.05, 0) is 25.1 Å². The first kappa shape index (κ1) is 18.4. The molecular weight excluding hydrogens is 373 g/mol. The zero-order chi connectivity index (χ0) is 18.7. The van der Waals surface area contributed by atoms with Crippen LogP contribution in [0.5, 0.6) is 5.75 Å². The van der Waals surface area contributed by atoms with E-state index >= 15 is 0 Å². The van der Waals surface area contributed by atoms with Crippen LogP contribution >= 0.6 is 11.3 Å². The fraction of sp³-hybridized carbons (Fsp3) is 0.400. The maximum atomic E-state index is 12.2. The van der Waals surface area contributed by atoms with Gasteiger partial charge in [0.05, 0.1) is 16.8 Å². The lowest BCUT2D eigenvalue weighted by molar-refractivity contribution is -0.274. The first-order valence-corrected chi connectivity index (χ1v) is 8.56. The molecule has 2 aromatic rings. The predicted octanol–water partition coefficient (Wildman–Crippen LogP) is 2.00. The number of benzene rings is 1. The standard InChI is InChI=1S/C15H15F3N4O3S/c16-15(17,18)25-9-1-2-10-11(6-9)26-14(21-10)22-13(24)7-20-12(23)5-8-3-4-19-8/h1-2,6,8,19H,3-5,7H2,(H,20,23)(H,21,22,24)/t8-/m0/s1. The van der Waals surface area contributed by atoms with Gasteiger partial charge in [0, 0.05) is 18.5 Å². The van der Waals surface area contributed by atoms with E-state index in [9.17, 15) is 22.8 Å². The van der Waals surface area contributed by atoms with E-state index < -0.39 is 12.3 Å². The molecule has 0 radical (unpaired) electrons. The molecule has 1 aromatic heterocycles. The van der Waals surface area contributed by atoms with Gasteiger partial charge in [0.25, 0.3) is 0 Å². The number of nitrogens with one attached hydrogen (secondary N) is 3. The number of anilines is 1. The van der Waals surface area contributed by atoms with E-state index in [2.05, 4.69) is 25.7 Å². The Morgan fingerprint density at radius 2 is 2.12 bits per heavy atom. The third-order valence-corrected chi connectivity index (χ3v) is 4.58. The van der Waals surface area contributed by atoms with Crippen LogP contribution < -0.4 is 20.7 Å². The number of amides is 2. The second kappa shape index (κ2) is 7.46. The first-order chi connectivity index (χ1) is 12.3. The van der Waals surface area contributed by atoms with Crippen molar-refractivity contribution in [2.24, 2.45) is 0 Å². The van der Waals surface area contributed by atoms with Crippen molar-refractivity contribution in [3.05, 3.63) is 18.2 Å². The van der Waals surface area contributed by atoms with E-state index in [1.165, 1.54) is 12.1 Å². The number of thiazole rings is 1. The third-order valence-electron chi connectivity index (χ3n) is 3.64. The Kier molecular flexibility index (Phi) is 5.28. The van der Waals surface area contributed by atoms with Crippen LogP contribution in [0.1, 0.15) is 12.8 Å². The van der Waals surface area contributed by atoms with Crippen LogP contribution in [0.3, 0.4) is 0 Å². The van der Waals surface area contributed by atoms with Crippen molar-refractivity contribution in [3.8, 4) is 5.75 Å². The molecule has 1 atom stereocenters. The number of ether oxygens (including phenoxy) is 1. The van der Waals surface area contributed by atoms with E-state index in [1.807, 2.05) is 0 Å². The molecule has 26 heavy (non-hydrogen) atoms. The molecule has 0 spiro atoms. The summed E-state index contributed by atoms with van der Waals surface area (Å²) < 4.78 is 41.0. The van der Waals surface area contributed by atoms with E-state index in [1.54, 1.807) is 0 Å². The fourth-order valence-electron chi connectivity index (χ4n) is 2.32. The summed E-state index contributed by atoms with van der Waals surface area (Å²) in [6, 6.07) is 3.88. The summed E-state index contributed by atoms with van der Waals surface area (Å²) in [5, 5.41) is 8.34. The van der Waals surface area contributed by atoms with Crippen molar-refractivity contribution >= 4 is 38.5 Å². The van der Waals surface area contributed by atoms with Gasteiger partial charge in [-0.2, -0.15) is 0 Å². The molecule has 140 valence electrons. The molecule has 1 fully saturated rings. The van der Waals surface area contributed by atoms with Crippen molar-refractivity contribution in [2.75, 3.05) is 18.4 Å². The van der Waals surface area contributed by atoms with Gasteiger partial charge in [-0.15, -0.1) is 13.2 Å². The molecule has 0 unspecified atom stereocenters. The van der Waals surface area contributed by atoms with Crippen LogP contribution in [0, 0.1) is 0 Å². The minimum absolute atomic E-state index is 0.162. The molecular formula is C15H15F3N4O3S. The molecule has 3 N–H and O–H groups in total. The maximum Gasteiger partial charge on any atom is 0.573 e. The Morgan fingerprint density at radius 3 is 2.77 bits per heavy atom. The van der Waals surface area contributed by atoms with Crippen LogP contribution in [0.4, 0.5) is 18.3 Å². The number of nitrogens with zero attached hydrogens (tertiary/aromatic N) is 1. The summed E-state index contributed by atoms with van der Waals surface area (Å²) in [6.45, 7) is 0.690. The van der Waals surface area contributed by atoms with E-state index in [0.717, 1.165) is 30.4 Å². The smallest absolute Gasteiger partial charge is 0.406 e. The fourth-order valence-corrected chi connectivity index (χ4v) is 3.23. The average Bonchev–Trinajstić information content (AvgIpc) is 2.88. The molecule has 1 aliphatic heterocycles. The van der Waals surface area contributed by atoms with Gasteiger partial charge in [0.2, 0.25) is 11.8 Å². The Morgan fingerprint density at radius 1 is 1.35 bits per heavy atom. The number of hydrogen-bond donors (Lipinski definition) is 3. The Hall–Kier alpha value is -2.40. The van der Waals surface area contributed by atoms with Gasteiger partial charge in [-0.25, -0.2) is 4.98 Å². The molecule has 1 aromatic carbocycles. The van der Waals surface area contributed by atoms with Gasteiger partial charge in [-0.3, -0.25) is 9.59 Å². The lowest BCUT2D eigenvalue weighted by atomic mass is 10.0. The summed E-state index contributed by atoms with van der Waals surface area (Å²) in [7, 11) is 0. The second-order valence-corrected chi connectivity index (χ2v) is 6.70. The summed E-state index contributed by atoms with van der Waals surface area (Å²) >= 11 is 1.01. The van der Waals surface area contributed by atoms with E-state index in [4.69, 9.17) is 0 Å². The van der Waals surface area contributed by atoms with Crippen molar-refractivity contribution in [2.45, 2.75) is 25.2 Å². The van der Waals surface area contributed by atoms with E-state index in [-0.39, 0.29) is 29.4 Å². The lowest BCUT2D eigenvalue weighted by Crippen LogP contribution is -2.46. The topological polar surface area (TPSA) is 92.4 Å². The zero-order valence-corrected chi connectivity index (χ0v) is 14.2. The van der Waals surface area contributed by atoms with Crippen LogP contribution in [-0.2, 0) is 9.59 Å². The zero-order valence-electron chi connectivity index (χ0n) is 13.4. The number of aromatic nitrogens is 1. The normalized spacial score (nSPS) is 16.8. The molecule has 11 heteroatoms. The number of fused-ring (bicyclic) bond motifs is 1.